The highest BCUT2D eigenvalue weighted by Crippen LogP contribution is 2.09. The van der Waals surface area contributed by atoms with Gasteiger partial charge in [-0.2, -0.15) is 0 Å². The summed E-state index contributed by atoms with van der Waals surface area (Å²) in [4.78, 5) is 0.0588. The summed E-state index contributed by atoms with van der Waals surface area (Å²) in [5.41, 5.74) is 0. The highest BCUT2D eigenvalue weighted by atomic mass is 16.6. The summed E-state index contributed by atoms with van der Waals surface area (Å²) in [6.45, 7) is 3.84. The first-order valence-electron chi connectivity index (χ1n) is 4.18. The molecule has 0 unspecified atom stereocenters. The maximum Gasteiger partial charge on any atom is 0.230 e. The van der Waals surface area contributed by atoms with Gasteiger partial charge < -0.3 is 15.5 Å². The molecule has 6 nitrogen and oxygen atoms in total. The molecule has 0 spiro atoms. The van der Waals surface area contributed by atoms with Crippen LogP contribution in [0.3, 0.4) is 0 Å². The van der Waals surface area contributed by atoms with Crippen LogP contribution < -0.4 is 0 Å². The molecule has 2 N–H and O–H groups in total. The van der Waals surface area contributed by atoms with E-state index in [0.717, 1.165) is 5.01 Å². The Hall–Kier alpha value is -1.04. The van der Waals surface area contributed by atoms with Crippen LogP contribution in [0.5, 0.6) is 0 Å². The Morgan fingerprint density at radius 2 is 2.08 bits per heavy atom. The molecular weight excluding hydrogens is 174 g/mol. The van der Waals surface area contributed by atoms with Crippen LogP contribution in [0.2, 0.25) is 0 Å². The molecule has 6 heteroatoms. The minimum atomic E-state index is -0.312. The van der Waals surface area contributed by atoms with E-state index in [1.54, 1.807) is 0 Å². The van der Waals surface area contributed by atoms with E-state index in [4.69, 9.17) is 10.3 Å². The molecule has 0 aromatic rings. The molecule has 0 saturated carbocycles. The standard InChI is InChI=1S/C7H17N3O3/c1-6(2)4-7(5-11)9(3)10(13)8-12/h6-7,11-12H,4-5H2,1-3H3/t7-/m0/s1. The van der Waals surface area contributed by atoms with Gasteiger partial charge >= 0.3 is 0 Å². The average Bonchev–Trinajstić information content (AvgIpc) is 2.11. The smallest absolute Gasteiger partial charge is 0.230 e. The highest BCUT2D eigenvalue weighted by Gasteiger charge is 2.21. The predicted molar refractivity (Wildman–Crippen MR) is 45.9 cm³/mol. The van der Waals surface area contributed by atoms with Crippen molar-refractivity contribution in [2.24, 2.45) is 11.2 Å². The predicted octanol–water partition coefficient (Wildman–Crippen LogP) is 0.592. The molecule has 13 heavy (non-hydrogen) atoms. The van der Waals surface area contributed by atoms with Crippen molar-refractivity contribution in [3.63, 3.8) is 0 Å². The minimum Gasteiger partial charge on any atom is -0.569 e. The fraction of sp³-hybridized carbons (Fsp3) is 1.00. The topological polar surface area (TPSA) is 82.1 Å². The van der Waals surface area contributed by atoms with Gasteiger partial charge in [0.1, 0.15) is 6.04 Å². The van der Waals surface area contributed by atoms with Gasteiger partial charge in [-0.05, 0) is 12.3 Å². The lowest BCUT2D eigenvalue weighted by Gasteiger charge is -2.22. The first-order valence-corrected chi connectivity index (χ1v) is 4.18. The Labute approximate surface area is 77.6 Å². The van der Waals surface area contributed by atoms with Crippen molar-refractivity contribution in [3.05, 3.63) is 5.21 Å². The minimum absolute atomic E-state index is 0.0588. The van der Waals surface area contributed by atoms with Crippen molar-refractivity contribution >= 4 is 0 Å². The molecule has 0 amide bonds. The maximum absolute atomic E-state index is 10.8. The quantitative estimate of drug-likeness (QED) is 0.378. The zero-order valence-electron chi connectivity index (χ0n) is 8.21. The van der Waals surface area contributed by atoms with Gasteiger partial charge in [0.05, 0.1) is 18.6 Å². The Morgan fingerprint density at radius 3 is 2.38 bits per heavy atom. The van der Waals surface area contributed by atoms with Crippen molar-refractivity contribution in [1.82, 2.24) is 5.01 Å². The molecule has 0 radical (unpaired) electrons. The van der Waals surface area contributed by atoms with Crippen LogP contribution >= 0.6 is 0 Å². The van der Waals surface area contributed by atoms with Gasteiger partial charge in [0.25, 0.3) is 0 Å². The third-order valence-corrected chi connectivity index (χ3v) is 1.83. The highest BCUT2D eigenvalue weighted by molar-refractivity contribution is 4.63. The normalized spacial score (nSPS) is 14.7. The molecule has 0 aromatic carbocycles. The summed E-state index contributed by atoms with van der Waals surface area (Å²) in [6, 6.07) is -0.312. The van der Waals surface area contributed by atoms with E-state index in [9.17, 15) is 5.21 Å². The second-order valence-corrected chi connectivity index (χ2v) is 3.38. The van der Waals surface area contributed by atoms with Gasteiger partial charge in [-0.3, -0.25) is 0 Å². The number of aliphatic hydroxyl groups is 1. The van der Waals surface area contributed by atoms with Crippen molar-refractivity contribution in [2.45, 2.75) is 26.3 Å². The first kappa shape index (κ1) is 12.0. The SMILES string of the molecule is CC(C)C[C@@H](CO)N(C)[N+]([O-])=NO. The maximum atomic E-state index is 10.8. The molecule has 0 fully saturated rings. The third kappa shape index (κ3) is 3.93. The van der Waals surface area contributed by atoms with E-state index in [-0.39, 0.29) is 17.6 Å². The van der Waals surface area contributed by atoms with Crippen LogP contribution in [0, 0.1) is 11.1 Å². The lowest BCUT2D eigenvalue weighted by Crippen LogP contribution is -2.40. The summed E-state index contributed by atoms with van der Waals surface area (Å²) in [5.74, 6) is 0.367. The zero-order valence-corrected chi connectivity index (χ0v) is 8.21. The Bertz CT molecular complexity index is 172. The van der Waals surface area contributed by atoms with Crippen molar-refractivity contribution < 1.29 is 15.3 Å². The van der Waals surface area contributed by atoms with Gasteiger partial charge in [-0.25, -0.2) is 0 Å². The number of hydrazine groups is 1. The van der Waals surface area contributed by atoms with Crippen LogP contribution in [-0.2, 0) is 0 Å². The summed E-state index contributed by atoms with van der Waals surface area (Å²) >= 11 is 0. The van der Waals surface area contributed by atoms with Crippen molar-refractivity contribution in [3.8, 4) is 0 Å². The zero-order chi connectivity index (χ0) is 10.4. The number of rotatable bonds is 5. The molecule has 1 atom stereocenters. The van der Waals surface area contributed by atoms with Crippen LogP contribution in [0.4, 0.5) is 0 Å². The second kappa shape index (κ2) is 5.58. The van der Waals surface area contributed by atoms with Crippen molar-refractivity contribution in [1.29, 1.82) is 0 Å². The fourth-order valence-electron chi connectivity index (χ4n) is 1.09. The summed E-state index contributed by atoms with van der Waals surface area (Å²) < 4.78 is 0. The molecule has 0 aliphatic carbocycles. The van der Waals surface area contributed by atoms with Gasteiger partial charge in [0.2, 0.25) is 5.28 Å². The third-order valence-electron chi connectivity index (χ3n) is 1.83. The van der Waals surface area contributed by atoms with Crippen molar-refractivity contribution in [2.75, 3.05) is 13.7 Å². The number of aliphatic hydroxyl groups excluding tert-OH is 1. The lowest BCUT2D eigenvalue weighted by atomic mass is 10.0. The van der Waals surface area contributed by atoms with E-state index in [1.165, 1.54) is 7.05 Å². The van der Waals surface area contributed by atoms with E-state index >= 15 is 0 Å². The lowest BCUT2D eigenvalue weighted by molar-refractivity contribution is -0.712. The molecule has 0 aromatic heterocycles. The van der Waals surface area contributed by atoms with Crippen LogP contribution in [-0.4, -0.2) is 40.0 Å². The molecular formula is C7H17N3O3. The number of nitrogens with zero attached hydrogens (tertiary/aromatic N) is 3. The van der Waals surface area contributed by atoms with Crippen LogP contribution in [0.15, 0.2) is 5.28 Å². The van der Waals surface area contributed by atoms with E-state index in [1.807, 2.05) is 13.8 Å². The fourth-order valence-corrected chi connectivity index (χ4v) is 1.09. The van der Waals surface area contributed by atoms with Gasteiger partial charge in [0, 0.05) is 0 Å². The van der Waals surface area contributed by atoms with Gasteiger partial charge in [-0.1, -0.05) is 13.8 Å². The molecule has 0 aliphatic rings. The number of hydrogen-bond donors (Lipinski definition) is 2. The molecule has 0 aliphatic heterocycles. The summed E-state index contributed by atoms with van der Waals surface area (Å²) in [7, 11) is 1.47. The van der Waals surface area contributed by atoms with Crippen LogP contribution in [0.25, 0.3) is 0 Å². The molecule has 0 bridgehead atoms. The Balaban J connectivity index is 4.22. The van der Waals surface area contributed by atoms with E-state index in [2.05, 4.69) is 5.28 Å². The second-order valence-electron chi connectivity index (χ2n) is 3.38. The summed E-state index contributed by atoms with van der Waals surface area (Å²) in [5, 5.41) is 31.6. The molecule has 78 valence electrons. The summed E-state index contributed by atoms with van der Waals surface area (Å²) in [6.07, 6.45) is 0.668. The molecule has 0 rings (SSSR count). The van der Waals surface area contributed by atoms with E-state index in [0.29, 0.717) is 12.3 Å². The number of likely N-dealkylation sites (N-methyl/N-ethyl adjacent to an activating group) is 1. The number of hydrogen-bond acceptors (Lipinski definition) is 3. The van der Waals surface area contributed by atoms with Crippen LogP contribution in [0.1, 0.15) is 20.3 Å². The van der Waals surface area contributed by atoms with Gasteiger partial charge in [-0.15, -0.1) is 5.01 Å². The Kier molecular flexibility index (Phi) is 5.13. The monoisotopic (exact) mass is 191 g/mol. The molecule has 0 heterocycles. The first-order chi connectivity index (χ1) is 6.02. The molecule has 0 saturated heterocycles. The largest absolute Gasteiger partial charge is 0.569 e. The van der Waals surface area contributed by atoms with E-state index < -0.39 is 0 Å². The van der Waals surface area contributed by atoms with Gasteiger partial charge in [0.15, 0.2) is 0 Å². The Morgan fingerprint density at radius 1 is 1.54 bits per heavy atom. The average molecular weight is 191 g/mol.